The molecule has 0 spiro atoms. The molecule has 1 saturated carbocycles. The summed E-state index contributed by atoms with van der Waals surface area (Å²) >= 11 is 0. The van der Waals surface area contributed by atoms with Gasteiger partial charge < -0.3 is 23.9 Å². The molecule has 2 aromatic carbocycles. The molecule has 40 heavy (non-hydrogen) atoms. The normalized spacial score (nSPS) is 17.5. The lowest BCUT2D eigenvalue weighted by molar-refractivity contribution is -0.732. The first kappa shape index (κ1) is 27.9. The Kier molecular flexibility index (Phi) is 8.23. The molecule has 1 amide bonds. The molecule has 9 heteroatoms. The zero-order valence-electron chi connectivity index (χ0n) is 23.7. The van der Waals surface area contributed by atoms with Crippen LogP contribution in [0, 0.1) is 18.8 Å². The lowest BCUT2D eigenvalue weighted by Crippen LogP contribution is -2.40. The molecule has 4 aromatic rings. The van der Waals surface area contributed by atoms with Gasteiger partial charge in [-0.25, -0.2) is 4.79 Å². The van der Waals surface area contributed by atoms with Gasteiger partial charge in [0.15, 0.2) is 7.05 Å². The Morgan fingerprint density at radius 1 is 1.07 bits per heavy atom. The molecule has 1 aliphatic carbocycles. The number of ether oxygens (including phenoxy) is 2. The monoisotopic (exact) mass is 548 g/mol. The van der Waals surface area contributed by atoms with E-state index < -0.39 is 5.97 Å². The number of hydrogen-bond donors (Lipinski definition) is 2. The van der Waals surface area contributed by atoms with Crippen LogP contribution in [-0.2, 0) is 34.5 Å². The SMILES string of the molecule is COCCN(C(=O)C1CCC(C)CC1)c1cc2c(cc1C(=O)O)oc1ccc(COCc3cc(C)[n+](C)[nH]3)cc12. The number of aromatic carboxylic acids is 1. The summed E-state index contributed by atoms with van der Waals surface area (Å²) < 4.78 is 19.3. The minimum absolute atomic E-state index is 0.0400. The Labute approximate surface area is 233 Å². The van der Waals surface area contributed by atoms with Crippen molar-refractivity contribution in [2.24, 2.45) is 18.9 Å². The summed E-state index contributed by atoms with van der Waals surface area (Å²) in [5, 5.41) is 15.0. The van der Waals surface area contributed by atoms with Crippen molar-refractivity contribution in [3.05, 3.63) is 58.9 Å². The van der Waals surface area contributed by atoms with Crippen molar-refractivity contribution in [1.82, 2.24) is 5.10 Å². The summed E-state index contributed by atoms with van der Waals surface area (Å²) in [4.78, 5) is 27.8. The second-order valence-corrected chi connectivity index (χ2v) is 11.0. The molecular weight excluding hydrogens is 510 g/mol. The molecule has 1 fully saturated rings. The van der Waals surface area contributed by atoms with Crippen molar-refractivity contribution in [1.29, 1.82) is 0 Å². The number of carboxylic acids is 1. The van der Waals surface area contributed by atoms with Crippen molar-refractivity contribution in [3.63, 3.8) is 0 Å². The van der Waals surface area contributed by atoms with Crippen LogP contribution in [0.4, 0.5) is 5.69 Å². The first-order chi connectivity index (χ1) is 19.2. The van der Waals surface area contributed by atoms with Crippen molar-refractivity contribution in [2.45, 2.75) is 52.7 Å². The smallest absolute Gasteiger partial charge is 0.337 e. The number of carboxylic acid groups (broad SMARTS) is 1. The largest absolute Gasteiger partial charge is 0.478 e. The number of H-pyrrole nitrogens is 1. The third-order valence-corrected chi connectivity index (χ3v) is 8.07. The quantitative estimate of drug-likeness (QED) is 0.262. The number of benzene rings is 2. The molecular formula is C31H38N3O6+. The summed E-state index contributed by atoms with van der Waals surface area (Å²) in [6, 6.07) is 11.2. The van der Waals surface area contributed by atoms with E-state index in [-0.39, 0.29) is 23.9 Å². The fourth-order valence-corrected chi connectivity index (χ4v) is 5.64. The number of aryl methyl sites for hydroxylation is 2. The van der Waals surface area contributed by atoms with Gasteiger partial charge in [-0.3, -0.25) is 4.79 Å². The lowest BCUT2D eigenvalue weighted by Gasteiger charge is -2.31. The first-order valence-electron chi connectivity index (χ1n) is 13.9. The molecule has 212 valence electrons. The third-order valence-electron chi connectivity index (χ3n) is 8.07. The van der Waals surface area contributed by atoms with Crippen LogP contribution in [0.1, 0.15) is 59.9 Å². The number of rotatable bonds is 10. The van der Waals surface area contributed by atoms with E-state index in [0.717, 1.165) is 53.4 Å². The first-order valence-corrected chi connectivity index (χ1v) is 13.9. The van der Waals surface area contributed by atoms with E-state index in [4.69, 9.17) is 13.9 Å². The number of nitrogens with zero attached hydrogens (tertiary/aromatic N) is 2. The fraction of sp³-hybridized carbons (Fsp3) is 0.452. The average molecular weight is 549 g/mol. The van der Waals surface area contributed by atoms with Gasteiger partial charge in [0.2, 0.25) is 11.6 Å². The van der Waals surface area contributed by atoms with Crippen LogP contribution in [-0.4, -0.2) is 42.3 Å². The molecule has 0 atom stereocenters. The highest BCUT2D eigenvalue weighted by Gasteiger charge is 2.31. The number of amides is 1. The van der Waals surface area contributed by atoms with Gasteiger partial charge in [-0.15, -0.1) is 4.68 Å². The average Bonchev–Trinajstić information content (AvgIpc) is 3.46. The van der Waals surface area contributed by atoms with Gasteiger partial charge in [0.25, 0.3) is 0 Å². The second-order valence-electron chi connectivity index (χ2n) is 11.0. The molecule has 5 rings (SSSR count). The molecule has 2 aromatic heterocycles. The highest BCUT2D eigenvalue weighted by atomic mass is 16.5. The predicted octanol–water partition coefficient (Wildman–Crippen LogP) is 5.27. The minimum Gasteiger partial charge on any atom is -0.478 e. The van der Waals surface area contributed by atoms with Gasteiger partial charge in [-0.05, 0) is 61.4 Å². The summed E-state index contributed by atoms with van der Waals surface area (Å²) in [5.74, 6) is -0.666. The Balaban J connectivity index is 1.48. The van der Waals surface area contributed by atoms with Crippen molar-refractivity contribution < 1.29 is 33.3 Å². The van der Waals surface area contributed by atoms with Crippen LogP contribution < -0.4 is 9.58 Å². The van der Waals surface area contributed by atoms with Crippen LogP contribution >= 0.6 is 0 Å². The number of aromatic nitrogens is 2. The van der Waals surface area contributed by atoms with Gasteiger partial charge in [-0.1, -0.05) is 13.0 Å². The van der Waals surface area contributed by atoms with E-state index >= 15 is 0 Å². The zero-order valence-corrected chi connectivity index (χ0v) is 23.7. The molecule has 0 radical (unpaired) electrons. The Morgan fingerprint density at radius 3 is 2.50 bits per heavy atom. The molecule has 0 saturated heterocycles. The molecule has 0 aliphatic heterocycles. The number of carbonyl (C=O) groups is 2. The van der Waals surface area contributed by atoms with Crippen LogP contribution in [0.25, 0.3) is 21.9 Å². The molecule has 0 unspecified atom stereocenters. The molecule has 2 N–H and O–H groups in total. The van der Waals surface area contributed by atoms with Crippen molar-refractivity contribution in [3.8, 4) is 0 Å². The zero-order chi connectivity index (χ0) is 28.4. The molecule has 1 aliphatic rings. The predicted molar refractivity (Wildman–Crippen MR) is 151 cm³/mol. The van der Waals surface area contributed by atoms with Crippen molar-refractivity contribution in [2.75, 3.05) is 25.2 Å². The third kappa shape index (κ3) is 5.76. The topological polar surface area (TPSA) is 109 Å². The van der Waals surface area contributed by atoms with Crippen LogP contribution in [0.5, 0.6) is 0 Å². The number of hydrogen-bond acceptors (Lipinski definition) is 5. The van der Waals surface area contributed by atoms with Crippen LogP contribution in [0.2, 0.25) is 0 Å². The standard InChI is InChI=1S/C31H37N3O6/c1-19-5-8-22(9-6-19)30(35)34(11-12-38-4)27-15-25-24-14-21(17-39-18-23-13-20(2)33(3)32-23)7-10-28(24)40-29(25)16-26(27)31(36)37/h7,10,13-16,19,22H,5-6,8-9,11-12,17-18H2,1-4H3,(H,36,37)/p+1. The lowest BCUT2D eigenvalue weighted by atomic mass is 9.82. The number of anilines is 1. The van der Waals surface area contributed by atoms with Gasteiger partial charge in [-0.2, -0.15) is 5.10 Å². The van der Waals surface area contributed by atoms with Gasteiger partial charge in [0.1, 0.15) is 16.9 Å². The van der Waals surface area contributed by atoms with Crippen molar-refractivity contribution >= 4 is 39.5 Å². The fourth-order valence-electron chi connectivity index (χ4n) is 5.64. The molecule has 0 bridgehead atoms. The van der Waals surface area contributed by atoms with E-state index in [9.17, 15) is 14.7 Å². The maximum Gasteiger partial charge on any atom is 0.337 e. The number of fused-ring (bicyclic) bond motifs is 3. The Morgan fingerprint density at radius 2 is 1.82 bits per heavy atom. The summed E-state index contributed by atoms with van der Waals surface area (Å²) in [7, 11) is 3.54. The Bertz CT molecular complexity index is 1510. The van der Waals surface area contributed by atoms with E-state index in [2.05, 4.69) is 18.1 Å². The summed E-state index contributed by atoms with van der Waals surface area (Å²) in [5.41, 5.74) is 4.62. The van der Waals surface area contributed by atoms with Gasteiger partial charge >= 0.3 is 5.97 Å². The molecule has 9 nitrogen and oxygen atoms in total. The van der Waals surface area contributed by atoms with Crippen LogP contribution in [0.15, 0.2) is 40.8 Å². The number of aromatic amines is 1. The van der Waals surface area contributed by atoms with E-state index in [1.54, 1.807) is 18.1 Å². The number of methoxy groups -OCH3 is 1. The maximum atomic E-state index is 13.8. The highest BCUT2D eigenvalue weighted by molar-refractivity contribution is 6.12. The summed E-state index contributed by atoms with van der Waals surface area (Å²) in [6.45, 7) is 5.68. The number of nitrogens with one attached hydrogen (secondary N) is 1. The van der Waals surface area contributed by atoms with Gasteiger partial charge in [0.05, 0.1) is 31.1 Å². The second kappa shape index (κ2) is 11.8. The molecule has 2 heterocycles. The Hall–Kier alpha value is -3.69. The van der Waals surface area contributed by atoms with E-state index in [1.165, 1.54) is 6.07 Å². The number of carbonyl (C=O) groups excluding carboxylic acids is 1. The summed E-state index contributed by atoms with van der Waals surface area (Å²) in [6.07, 6.45) is 3.62. The maximum absolute atomic E-state index is 13.8. The van der Waals surface area contributed by atoms with Gasteiger partial charge in [0, 0.05) is 43.3 Å². The minimum atomic E-state index is -1.10. The van der Waals surface area contributed by atoms with E-state index in [0.29, 0.717) is 42.6 Å². The van der Waals surface area contributed by atoms with Crippen LogP contribution in [0.3, 0.4) is 0 Å². The highest BCUT2D eigenvalue weighted by Crippen LogP contribution is 2.37. The number of furan rings is 1. The van der Waals surface area contributed by atoms with E-state index in [1.807, 2.05) is 36.9 Å².